The van der Waals surface area contributed by atoms with E-state index in [1.807, 2.05) is 23.6 Å². The Bertz CT molecular complexity index is 402. The molecule has 0 aromatic carbocycles. The van der Waals surface area contributed by atoms with Crippen LogP contribution in [-0.4, -0.2) is 72.3 Å². The van der Waals surface area contributed by atoms with E-state index in [1.165, 1.54) is 6.42 Å². The monoisotopic (exact) mass is 293 g/mol. The number of rotatable bonds is 3. The largest absolute Gasteiger partial charge is 0.342 e. The molecule has 0 aliphatic carbocycles. The van der Waals surface area contributed by atoms with Gasteiger partial charge in [-0.3, -0.25) is 14.5 Å². The van der Waals surface area contributed by atoms with E-state index in [0.717, 1.165) is 57.7 Å². The van der Waals surface area contributed by atoms with Gasteiger partial charge < -0.3 is 9.80 Å². The van der Waals surface area contributed by atoms with Crippen molar-refractivity contribution in [3.05, 3.63) is 11.6 Å². The standard InChI is InChI=1S/C16H27N3O2/c1-14(2)12-15(20)19-10-8-17(9-11-19)13-16(21)18-6-4-3-5-7-18/h12H,3-11,13H2,1-2H3. The van der Waals surface area contributed by atoms with Crippen LogP contribution in [0.4, 0.5) is 0 Å². The molecule has 0 radical (unpaired) electrons. The summed E-state index contributed by atoms with van der Waals surface area (Å²) in [5.41, 5.74) is 1.03. The van der Waals surface area contributed by atoms with Gasteiger partial charge in [-0.25, -0.2) is 0 Å². The lowest BCUT2D eigenvalue weighted by molar-refractivity contribution is -0.134. The minimum absolute atomic E-state index is 0.0945. The van der Waals surface area contributed by atoms with Crippen molar-refractivity contribution in [1.29, 1.82) is 0 Å². The fourth-order valence-corrected chi connectivity index (χ4v) is 2.90. The Morgan fingerprint density at radius 2 is 1.48 bits per heavy atom. The molecule has 2 heterocycles. The fourth-order valence-electron chi connectivity index (χ4n) is 2.90. The van der Waals surface area contributed by atoms with Crippen LogP contribution in [0.25, 0.3) is 0 Å². The number of amides is 2. The van der Waals surface area contributed by atoms with E-state index < -0.39 is 0 Å². The first-order valence-electron chi connectivity index (χ1n) is 8.00. The summed E-state index contributed by atoms with van der Waals surface area (Å²) in [6.07, 6.45) is 5.21. The predicted molar refractivity (Wildman–Crippen MR) is 82.9 cm³/mol. The zero-order valence-electron chi connectivity index (χ0n) is 13.3. The molecule has 0 aromatic heterocycles. The quantitative estimate of drug-likeness (QED) is 0.732. The van der Waals surface area contributed by atoms with Crippen molar-refractivity contribution in [2.24, 2.45) is 0 Å². The maximum atomic E-state index is 12.2. The second-order valence-corrected chi connectivity index (χ2v) is 6.26. The zero-order valence-corrected chi connectivity index (χ0v) is 13.3. The molecule has 2 aliphatic heterocycles. The normalized spacial score (nSPS) is 20.3. The molecular formula is C16H27N3O2. The highest BCUT2D eigenvalue weighted by Crippen LogP contribution is 2.10. The molecule has 0 N–H and O–H groups in total. The van der Waals surface area contributed by atoms with Crippen LogP contribution in [0.3, 0.4) is 0 Å². The second kappa shape index (κ2) is 7.59. The topological polar surface area (TPSA) is 43.9 Å². The highest BCUT2D eigenvalue weighted by atomic mass is 16.2. The van der Waals surface area contributed by atoms with Crippen LogP contribution < -0.4 is 0 Å². The van der Waals surface area contributed by atoms with Crippen molar-refractivity contribution in [2.75, 3.05) is 45.8 Å². The van der Waals surface area contributed by atoms with Gasteiger partial charge in [-0.05, 0) is 33.1 Å². The molecule has 5 nitrogen and oxygen atoms in total. The SMILES string of the molecule is CC(C)=CC(=O)N1CCN(CC(=O)N2CCCCC2)CC1. The van der Waals surface area contributed by atoms with Crippen LogP contribution in [0.1, 0.15) is 33.1 Å². The first kappa shape index (κ1) is 16.0. The van der Waals surface area contributed by atoms with Crippen LogP contribution in [0.15, 0.2) is 11.6 Å². The smallest absolute Gasteiger partial charge is 0.246 e. The van der Waals surface area contributed by atoms with Gasteiger partial charge in [0.1, 0.15) is 0 Å². The molecule has 0 aromatic rings. The Labute approximate surface area is 127 Å². The third kappa shape index (κ3) is 4.84. The van der Waals surface area contributed by atoms with Gasteiger partial charge in [0, 0.05) is 45.3 Å². The number of likely N-dealkylation sites (tertiary alicyclic amines) is 1. The number of piperidine rings is 1. The van der Waals surface area contributed by atoms with Crippen molar-refractivity contribution in [2.45, 2.75) is 33.1 Å². The number of allylic oxidation sites excluding steroid dienone is 1. The minimum Gasteiger partial charge on any atom is -0.342 e. The summed E-state index contributed by atoms with van der Waals surface area (Å²) in [6, 6.07) is 0. The predicted octanol–water partition coefficient (Wildman–Crippen LogP) is 1.11. The highest BCUT2D eigenvalue weighted by molar-refractivity contribution is 5.88. The summed E-state index contributed by atoms with van der Waals surface area (Å²) in [5, 5.41) is 0. The van der Waals surface area contributed by atoms with E-state index in [0.29, 0.717) is 6.54 Å². The van der Waals surface area contributed by atoms with Gasteiger partial charge in [0.05, 0.1) is 6.54 Å². The van der Waals surface area contributed by atoms with Gasteiger partial charge in [0.2, 0.25) is 11.8 Å². The van der Waals surface area contributed by atoms with Gasteiger partial charge in [-0.15, -0.1) is 0 Å². The highest BCUT2D eigenvalue weighted by Gasteiger charge is 2.23. The summed E-state index contributed by atoms with van der Waals surface area (Å²) in [4.78, 5) is 30.2. The summed E-state index contributed by atoms with van der Waals surface area (Å²) in [7, 11) is 0. The molecule has 118 valence electrons. The van der Waals surface area contributed by atoms with Crippen LogP contribution in [0.2, 0.25) is 0 Å². The molecule has 0 bridgehead atoms. The number of nitrogens with zero attached hydrogens (tertiary/aromatic N) is 3. The molecule has 0 spiro atoms. The van der Waals surface area contributed by atoms with E-state index in [1.54, 1.807) is 6.08 Å². The summed E-state index contributed by atoms with van der Waals surface area (Å²) < 4.78 is 0. The van der Waals surface area contributed by atoms with Gasteiger partial charge in [-0.1, -0.05) is 5.57 Å². The Kier molecular flexibility index (Phi) is 5.79. The van der Waals surface area contributed by atoms with Crippen LogP contribution in [0.5, 0.6) is 0 Å². The molecule has 0 atom stereocenters. The maximum absolute atomic E-state index is 12.2. The van der Waals surface area contributed by atoms with Gasteiger partial charge >= 0.3 is 0 Å². The van der Waals surface area contributed by atoms with Crippen molar-refractivity contribution < 1.29 is 9.59 Å². The van der Waals surface area contributed by atoms with Crippen molar-refractivity contribution in [3.63, 3.8) is 0 Å². The van der Waals surface area contributed by atoms with Crippen LogP contribution in [0, 0.1) is 0 Å². The van der Waals surface area contributed by atoms with Gasteiger partial charge in [-0.2, -0.15) is 0 Å². The van der Waals surface area contributed by atoms with Crippen LogP contribution >= 0.6 is 0 Å². The number of carbonyl (C=O) groups is 2. The Morgan fingerprint density at radius 1 is 0.857 bits per heavy atom. The fraction of sp³-hybridized carbons (Fsp3) is 0.750. The average molecular weight is 293 g/mol. The first-order chi connectivity index (χ1) is 10.1. The summed E-state index contributed by atoms with van der Waals surface area (Å²) >= 11 is 0. The lowest BCUT2D eigenvalue weighted by Crippen LogP contribution is -2.51. The Hall–Kier alpha value is -1.36. The molecule has 0 saturated carbocycles. The lowest BCUT2D eigenvalue weighted by atomic mass is 10.1. The van der Waals surface area contributed by atoms with Crippen molar-refractivity contribution in [3.8, 4) is 0 Å². The van der Waals surface area contributed by atoms with Crippen LogP contribution in [-0.2, 0) is 9.59 Å². The van der Waals surface area contributed by atoms with Gasteiger partial charge in [0.15, 0.2) is 0 Å². The summed E-state index contributed by atoms with van der Waals surface area (Å²) in [6.45, 7) is 9.23. The minimum atomic E-state index is 0.0945. The van der Waals surface area contributed by atoms with E-state index in [9.17, 15) is 9.59 Å². The molecule has 2 saturated heterocycles. The number of hydrogen-bond acceptors (Lipinski definition) is 3. The molecule has 21 heavy (non-hydrogen) atoms. The Morgan fingerprint density at radius 3 is 2.05 bits per heavy atom. The molecule has 5 heteroatoms. The molecule has 0 unspecified atom stereocenters. The lowest BCUT2D eigenvalue weighted by Gasteiger charge is -2.35. The second-order valence-electron chi connectivity index (χ2n) is 6.26. The molecule has 2 aliphatic rings. The van der Waals surface area contributed by atoms with E-state index >= 15 is 0 Å². The number of hydrogen-bond donors (Lipinski definition) is 0. The third-order valence-electron chi connectivity index (χ3n) is 4.16. The molecular weight excluding hydrogens is 266 g/mol. The zero-order chi connectivity index (χ0) is 15.2. The third-order valence-corrected chi connectivity index (χ3v) is 4.16. The number of piperazine rings is 1. The Balaban J connectivity index is 1.75. The van der Waals surface area contributed by atoms with E-state index in [-0.39, 0.29) is 11.8 Å². The summed E-state index contributed by atoms with van der Waals surface area (Å²) in [5.74, 6) is 0.343. The first-order valence-corrected chi connectivity index (χ1v) is 8.00. The van der Waals surface area contributed by atoms with E-state index in [2.05, 4.69) is 4.90 Å². The van der Waals surface area contributed by atoms with Gasteiger partial charge in [0.25, 0.3) is 0 Å². The van der Waals surface area contributed by atoms with E-state index in [4.69, 9.17) is 0 Å². The maximum Gasteiger partial charge on any atom is 0.246 e. The van der Waals surface area contributed by atoms with Crippen molar-refractivity contribution >= 4 is 11.8 Å². The molecule has 2 amide bonds. The molecule has 2 rings (SSSR count). The molecule has 2 fully saturated rings. The number of carbonyl (C=O) groups excluding carboxylic acids is 2. The average Bonchev–Trinajstić information content (AvgIpc) is 2.48. The van der Waals surface area contributed by atoms with Crippen molar-refractivity contribution in [1.82, 2.24) is 14.7 Å².